The van der Waals surface area contributed by atoms with Crippen LogP contribution in [0.1, 0.15) is 5.76 Å². The Labute approximate surface area is 123 Å². The van der Waals surface area contributed by atoms with Crippen molar-refractivity contribution in [3.63, 3.8) is 0 Å². The standard InChI is InChI=1S/C13H11BrClNO3/c14-13-2-1-8(19-13)7-16-10-6-12-11(5-9(10)15)17-3-4-18-12/h1-2,5-6,16H,3-4,7H2. The summed E-state index contributed by atoms with van der Waals surface area (Å²) in [6.45, 7) is 1.65. The number of halogens is 2. The van der Waals surface area contributed by atoms with Gasteiger partial charge in [-0.05, 0) is 28.1 Å². The van der Waals surface area contributed by atoms with Crippen LogP contribution in [0, 0.1) is 0 Å². The summed E-state index contributed by atoms with van der Waals surface area (Å²) in [6, 6.07) is 7.34. The minimum Gasteiger partial charge on any atom is -0.486 e. The Kier molecular flexibility index (Phi) is 3.57. The molecule has 0 saturated carbocycles. The lowest BCUT2D eigenvalue weighted by atomic mass is 10.2. The van der Waals surface area contributed by atoms with Gasteiger partial charge in [-0.2, -0.15) is 0 Å². The number of rotatable bonds is 3. The van der Waals surface area contributed by atoms with Crippen LogP contribution in [0.4, 0.5) is 5.69 Å². The van der Waals surface area contributed by atoms with Gasteiger partial charge in [0.15, 0.2) is 16.2 Å². The van der Waals surface area contributed by atoms with Crippen LogP contribution in [0.5, 0.6) is 11.5 Å². The van der Waals surface area contributed by atoms with E-state index in [1.165, 1.54) is 0 Å². The number of hydrogen-bond donors (Lipinski definition) is 1. The summed E-state index contributed by atoms with van der Waals surface area (Å²) in [5, 5.41) is 3.80. The lowest BCUT2D eigenvalue weighted by Gasteiger charge is -2.20. The van der Waals surface area contributed by atoms with Gasteiger partial charge in [0.2, 0.25) is 0 Å². The molecule has 1 N–H and O–H groups in total. The second-order valence-electron chi connectivity index (χ2n) is 4.04. The number of ether oxygens (including phenoxy) is 2. The van der Waals surface area contributed by atoms with E-state index in [-0.39, 0.29) is 0 Å². The molecule has 0 radical (unpaired) electrons. The van der Waals surface area contributed by atoms with E-state index >= 15 is 0 Å². The zero-order chi connectivity index (χ0) is 13.2. The monoisotopic (exact) mass is 343 g/mol. The summed E-state index contributed by atoms with van der Waals surface area (Å²) in [4.78, 5) is 0. The summed E-state index contributed by atoms with van der Waals surface area (Å²) in [5.41, 5.74) is 0.790. The van der Waals surface area contributed by atoms with Crippen molar-refractivity contribution in [1.29, 1.82) is 0 Å². The van der Waals surface area contributed by atoms with Gasteiger partial charge in [-0.25, -0.2) is 0 Å². The maximum atomic E-state index is 6.19. The molecule has 0 spiro atoms. The molecule has 0 fully saturated rings. The molecule has 1 aromatic carbocycles. The second-order valence-corrected chi connectivity index (χ2v) is 5.22. The second kappa shape index (κ2) is 5.35. The quantitative estimate of drug-likeness (QED) is 0.911. The van der Waals surface area contributed by atoms with Gasteiger partial charge in [0.05, 0.1) is 17.3 Å². The van der Waals surface area contributed by atoms with E-state index in [9.17, 15) is 0 Å². The van der Waals surface area contributed by atoms with Gasteiger partial charge in [0.25, 0.3) is 0 Å². The fourth-order valence-corrected chi connectivity index (χ4v) is 2.39. The van der Waals surface area contributed by atoms with Crippen LogP contribution in [-0.4, -0.2) is 13.2 Å². The van der Waals surface area contributed by atoms with Crippen molar-refractivity contribution in [1.82, 2.24) is 0 Å². The normalized spacial score (nSPS) is 13.4. The molecule has 4 nitrogen and oxygen atoms in total. The fourth-order valence-electron chi connectivity index (χ4n) is 1.83. The molecule has 0 bridgehead atoms. The number of hydrogen-bond acceptors (Lipinski definition) is 4. The van der Waals surface area contributed by atoms with Gasteiger partial charge in [-0.1, -0.05) is 11.6 Å². The fraction of sp³-hybridized carbons (Fsp3) is 0.231. The molecule has 100 valence electrons. The summed E-state index contributed by atoms with van der Waals surface area (Å²) in [6.07, 6.45) is 0. The van der Waals surface area contributed by atoms with Crippen molar-refractivity contribution in [2.75, 3.05) is 18.5 Å². The molecule has 0 amide bonds. The number of fused-ring (bicyclic) bond motifs is 1. The van der Waals surface area contributed by atoms with Crippen LogP contribution in [0.2, 0.25) is 5.02 Å². The Morgan fingerprint density at radius 1 is 1.16 bits per heavy atom. The van der Waals surface area contributed by atoms with Crippen LogP contribution in [0.3, 0.4) is 0 Å². The molecule has 1 aliphatic heterocycles. The zero-order valence-corrected chi connectivity index (χ0v) is 12.3. The van der Waals surface area contributed by atoms with Crippen molar-refractivity contribution >= 4 is 33.2 Å². The molecule has 0 unspecified atom stereocenters. The van der Waals surface area contributed by atoms with Crippen LogP contribution >= 0.6 is 27.5 Å². The van der Waals surface area contributed by atoms with Crippen LogP contribution < -0.4 is 14.8 Å². The molecular weight excluding hydrogens is 334 g/mol. The Bertz CT molecular complexity index is 600. The molecule has 19 heavy (non-hydrogen) atoms. The lowest BCUT2D eigenvalue weighted by molar-refractivity contribution is 0.171. The Morgan fingerprint density at radius 2 is 1.89 bits per heavy atom. The first-order valence-electron chi connectivity index (χ1n) is 5.79. The highest BCUT2D eigenvalue weighted by Gasteiger charge is 2.15. The summed E-state index contributed by atoms with van der Waals surface area (Å²) in [5.74, 6) is 2.21. The van der Waals surface area contributed by atoms with E-state index in [0.717, 1.165) is 11.4 Å². The summed E-state index contributed by atoms with van der Waals surface area (Å²) >= 11 is 9.46. The van der Waals surface area contributed by atoms with Crippen molar-refractivity contribution in [2.24, 2.45) is 0 Å². The number of anilines is 1. The Morgan fingerprint density at radius 3 is 2.58 bits per heavy atom. The Hall–Kier alpha value is -1.33. The molecule has 3 rings (SSSR count). The molecule has 2 aromatic rings. The van der Waals surface area contributed by atoms with Gasteiger partial charge in [0, 0.05) is 12.1 Å². The zero-order valence-electron chi connectivity index (χ0n) is 9.91. The third-order valence-electron chi connectivity index (χ3n) is 2.71. The van der Waals surface area contributed by atoms with E-state index in [4.69, 9.17) is 25.5 Å². The smallest absolute Gasteiger partial charge is 0.169 e. The first-order valence-corrected chi connectivity index (χ1v) is 6.97. The maximum Gasteiger partial charge on any atom is 0.169 e. The highest BCUT2D eigenvalue weighted by atomic mass is 79.9. The largest absolute Gasteiger partial charge is 0.486 e. The molecule has 1 aliphatic rings. The van der Waals surface area contributed by atoms with E-state index in [2.05, 4.69) is 21.2 Å². The van der Waals surface area contributed by atoms with Crippen molar-refractivity contribution in [3.05, 3.63) is 39.7 Å². The minimum absolute atomic E-state index is 0.547. The molecule has 1 aromatic heterocycles. The van der Waals surface area contributed by atoms with Crippen LogP contribution in [0.15, 0.2) is 33.4 Å². The molecule has 6 heteroatoms. The molecule has 0 atom stereocenters. The van der Waals surface area contributed by atoms with Gasteiger partial charge >= 0.3 is 0 Å². The minimum atomic E-state index is 0.547. The lowest BCUT2D eigenvalue weighted by Crippen LogP contribution is -2.15. The maximum absolute atomic E-state index is 6.19. The first-order chi connectivity index (χ1) is 9.22. The van der Waals surface area contributed by atoms with Crippen LogP contribution in [0.25, 0.3) is 0 Å². The van der Waals surface area contributed by atoms with E-state index in [1.54, 1.807) is 6.07 Å². The van der Waals surface area contributed by atoms with Crippen molar-refractivity contribution in [2.45, 2.75) is 6.54 Å². The van der Waals surface area contributed by atoms with Gasteiger partial charge in [0.1, 0.15) is 19.0 Å². The van der Waals surface area contributed by atoms with Gasteiger partial charge < -0.3 is 19.2 Å². The van der Waals surface area contributed by atoms with E-state index in [1.807, 2.05) is 18.2 Å². The molecule has 0 aliphatic carbocycles. The summed E-state index contributed by atoms with van der Waals surface area (Å²) < 4.78 is 17.1. The number of furan rings is 1. The average molecular weight is 345 g/mol. The highest BCUT2D eigenvalue weighted by Crippen LogP contribution is 2.38. The predicted octanol–water partition coefficient (Wildman–Crippen LogP) is 4.08. The van der Waals surface area contributed by atoms with Gasteiger partial charge in [-0.15, -0.1) is 0 Å². The van der Waals surface area contributed by atoms with Crippen molar-refractivity contribution in [3.8, 4) is 11.5 Å². The van der Waals surface area contributed by atoms with E-state index in [0.29, 0.717) is 40.9 Å². The number of nitrogens with one attached hydrogen (secondary N) is 1. The molecule has 2 heterocycles. The summed E-state index contributed by atoms with van der Waals surface area (Å²) in [7, 11) is 0. The topological polar surface area (TPSA) is 43.6 Å². The van der Waals surface area contributed by atoms with E-state index < -0.39 is 0 Å². The first kappa shape index (κ1) is 12.7. The average Bonchev–Trinajstić information content (AvgIpc) is 2.82. The molecular formula is C13H11BrClNO3. The van der Waals surface area contributed by atoms with Crippen molar-refractivity contribution < 1.29 is 13.9 Å². The predicted molar refractivity (Wildman–Crippen MR) is 76.2 cm³/mol. The van der Waals surface area contributed by atoms with Crippen LogP contribution in [-0.2, 0) is 6.54 Å². The molecule has 0 saturated heterocycles. The third-order valence-corrected chi connectivity index (χ3v) is 3.45. The number of benzene rings is 1. The Balaban J connectivity index is 1.77. The highest BCUT2D eigenvalue weighted by molar-refractivity contribution is 9.10. The SMILES string of the molecule is Clc1cc2c(cc1NCc1ccc(Br)o1)OCCO2. The van der Waals surface area contributed by atoms with Gasteiger partial charge in [-0.3, -0.25) is 0 Å². The third kappa shape index (κ3) is 2.82.